The van der Waals surface area contributed by atoms with E-state index in [9.17, 15) is 5.11 Å². The molecule has 0 bridgehead atoms. The molecule has 1 aliphatic heterocycles. The predicted octanol–water partition coefficient (Wildman–Crippen LogP) is 0.239. The van der Waals surface area contributed by atoms with Crippen molar-refractivity contribution in [2.45, 2.75) is 19.1 Å². The first kappa shape index (κ1) is 19.9. The lowest BCUT2D eigenvalue weighted by Crippen LogP contribution is -2.42. The summed E-state index contributed by atoms with van der Waals surface area (Å²) < 4.78 is 16.6. The van der Waals surface area contributed by atoms with Crippen molar-refractivity contribution in [1.82, 2.24) is 10.2 Å². The minimum Gasteiger partial charge on any atom is -0.493 e. The molecule has 0 aromatic heterocycles. The first-order chi connectivity index (χ1) is 12.2. The van der Waals surface area contributed by atoms with Crippen molar-refractivity contribution in [2.75, 3.05) is 59.7 Å². The van der Waals surface area contributed by atoms with Crippen molar-refractivity contribution in [3.8, 4) is 11.5 Å². The van der Waals surface area contributed by atoms with Crippen LogP contribution in [0.15, 0.2) is 18.2 Å². The zero-order valence-corrected chi connectivity index (χ0v) is 14.9. The van der Waals surface area contributed by atoms with Crippen molar-refractivity contribution >= 4 is 0 Å². The Morgan fingerprint density at radius 3 is 2.84 bits per heavy atom. The summed E-state index contributed by atoms with van der Waals surface area (Å²) in [5.41, 5.74) is 0.968. The summed E-state index contributed by atoms with van der Waals surface area (Å²) in [6, 6.07) is 5.73. The Balaban J connectivity index is 1.89. The molecule has 7 nitrogen and oxygen atoms in total. The van der Waals surface area contributed by atoms with Gasteiger partial charge in [0.15, 0.2) is 11.5 Å². The number of methoxy groups -OCH3 is 1. The number of aliphatic hydroxyl groups is 2. The summed E-state index contributed by atoms with van der Waals surface area (Å²) in [6.45, 7) is 5.40. The Morgan fingerprint density at radius 1 is 1.32 bits per heavy atom. The molecule has 0 amide bonds. The molecule has 2 rings (SSSR count). The van der Waals surface area contributed by atoms with E-state index >= 15 is 0 Å². The highest BCUT2D eigenvalue weighted by Crippen LogP contribution is 2.31. The number of benzene rings is 1. The number of ether oxygens (including phenoxy) is 3. The maximum absolute atomic E-state index is 10.3. The standard InChI is InChI=1S/C18H30N2O5/c1-23-17-5-2-4-15(12-19-6-3-9-21)18(17)25-14-16(22)13-20-7-10-24-11-8-20/h2,4-5,16,19,21-22H,3,6-14H2,1H3/t16-/m0/s1. The normalized spacial score (nSPS) is 16.6. The van der Waals surface area contributed by atoms with E-state index in [-0.39, 0.29) is 13.2 Å². The van der Waals surface area contributed by atoms with Gasteiger partial charge in [-0.15, -0.1) is 0 Å². The number of aliphatic hydroxyl groups excluding tert-OH is 2. The molecule has 1 aliphatic rings. The Kier molecular flexibility index (Phi) is 8.99. The number of hydrogen-bond acceptors (Lipinski definition) is 7. The van der Waals surface area contributed by atoms with Crippen LogP contribution in [0.5, 0.6) is 11.5 Å². The topological polar surface area (TPSA) is 83.4 Å². The molecule has 142 valence electrons. The Hall–Kier alpha value is -1.38. The maximum Gasteiger partial charge on any atom is 0.165 e. The number of nitrogens with zero attached hydrogens (tertiary/aromatic N) is 1. The molecule has 0 spiro atoms. The molecule has 0 saturated carbocycles. The third kappa shape index (κ3) is 6.80. The second-order valence-electron chi connectivity index (χ2n) is 6.08. The van der Waals surface area contributed by atoms with Crippen LogP contribution in [0, 0.1) is 0 Å². The van der Waals surface area contributed by atoms with Gasteiger partial charge >= 0.3 is 0 Å². The molecule has 1 atom stereocenters. The molecule has 1 saturated heterocycles. The van der Waals surface area contributed by atoms with Gasteiger partial charge in [-0.1, -0.05) is 12.1 Å². The predicted molar refractivity (Wildman–Crippen MR) is 95.2 cm³/mol. The summed E-state index contributed by atoms with van der Waals surface area (Å²) in [4.78, 5) is 2.18. The van der Waals surface area contributed by atoms with Gasteiger partial charge in [-0.2, -0.15) is 0 Å². The third-order valence-corrected chi connectivity index (χ3v) is 4.10. The van der Waals surface area contributed by atoms with E-state index in [4.69, 9.17) is 19.3 Å². The van der Waals surface area contributed by atoms with Gasteiger partial charge in [0.2, 0.25) is 0 Å². The lowest BCUT2D eigenvalue weighted by Gasteiger charge is -2.28. The number of para-hydroxylation sites is 1. The summed E-state index contributed by atoms with van der Waals surface area (Å²) in [7, 11) is 1.61. The SMILES string of the molecule is COc1cccc(CNCCCO)c1OC[C@@H](O)CN1CCOCC1. The van der Waals surface area contributed by atoms with Crippen molar-refractivity contribution < 1.29 is 24.4 Å². The highest BCUT2D eigenvalue weighted by molar-refractivity contribution is 5.46. The van der Waals surface area contributed by atoms with Gasteiger partial charge < -0.3 is 29.7 Å². The molecule has 1 heterocycles. The van der Waals surface area contributed by atoms with Gasteiger partial charge in [0.05, 0.1) is 20.3 Å². The van der Waals surface area contributed by atoms with E-state index in [0.29, 0.717) is 44.2 Å². The fourth-order valence-electron chi connectivity index (χ4n) is 2.77. The molecule has 3 N–H and O–H groups in total. The lowest BCUT2D eigenvalue weighted by atomic mass is 10.1. The highest BCUT2D eigenvalue weighted by Gasteiger charge is 2.17. The molecule has 0 aliphatic carbocycles. The molecular weight excluding hydrogens is 324 g/mol. The Labute approximate surface area is 149 Å². The van der Waals surface area contributed by atoms with E-state index in [1.807, 2.05) is 18.2 Å². The van der Waals surface area contributed by atoms with Gasteiger partial charge in [0.25, 0.3) is 0 Å². The van der Waals surface area contributed by atoms with Crippen LogP contribution in [-0.4, -0.2) is 80.9 Å². The zero-order valence-electron chi connectivity index (χ0n) is 14.9. The smallest absolute Gasteiger partial charge is 0.165 e. The van der Waals surface area contributed by atoms with Crippen LogP contribution in [0.2, 0.25) is 0 Å². The van der Waals surface area contributed by atoms with Gasteiger partial charge in [0.1, 0.15) is 12.7 Å². The summed E-state index contributed by atoms with van der Waals surface area (Å²) in [6.07, 6.45) is 0.136. The van der Waals surface area contributed by atoms with Crippen LogP contribution in [0.3, 0.4) is 0 Å². The number of nitrogens with one attached hydrogen (secondary N) is 1. The van der Waals surface area contributed by atoms with E-state index in [0.717, 1.165) is 25.2 Å². The lowest BCUT2D eigenvalue weighted by molar-refractivity contribution is 0.00436. The van der Waals surface area contributed by atoms with Gasteiger partial charge in [-0.3, -0.25) is 4.90 Å². The van der Waals surface area contributed by atoms with Crippen LogP contribution >= 0.6 is 0 Å². The second-order valence-corrected chi connectivity index (χ2v) is 6.08. The number of β-amino-alcohol motifs (C(OH)–C–C–N with tert-alkyl or cyclic N) is 1. The van der Waals surface area contributed by atoms with Crippen LogP contribution in [0.4, 0.5) is 0 Å². The van der Waals surface area contributed by atoms with Crippen molar-refractivity contribution in [3.63, 3.8) is 0 Å². The average Bonchev–Trinajstić information content (AvgIpc) is 2.64. The van der Waals surface area contributed by atoms with Crippen LogP contribution in [-0.2, 0) is 11.3 Å². The number of hydrogen-bond donors (Lipinski definition) is 3. The summed E-state index contributed by atoms with van der Waals surface area (Å²) >= 11 is 0. The summed E-state index contributed by atoms with van der Waals surface area (Å²) in [5, 5.41) is 22.4. The van der Waals surface area contributed by atoms with E-state index in [1.165, 1.54) is 0 Å². The van der Waals surface area contributed by atoms with Crippen LogP contribution in [0.25, 0.3) is 0 Å². The van der Waals surface area contributed by atoms with E-state index < -0.39 is 6.10 Å². The first-order valence-electron chi connectivity index (χ1n) is 8.83. The molecule has 7 heteroatoms. The number of rotatable bonds is 11. The Morgan fingerprint density at radius 2 is 2.12 bits per heavy atom. The van der Waals surface area contributed by atoms with Gasteiger partial charge in [-0.25, -0.2) is 0 Å². The van der Waals surface area contributed by atoms with E-state index in [2.05, 4.69) is 10.2 Å². The van der Waals surface area contributed by atoms with Crippen LogP contribution in [0.1, 0.15) is 12.0 Å². The van der Waals surface area contributed by atoms with Gasteiger partial charge in [0, 0.05) is 38.3 Å². The third-order valence-electron chi connectivity index (χ3n) is 4.10. The second kappa shape index (κ2) is 11.3. The Bertz CT molecular complexity index is 494. The molecule has 1 fully saturated rings. The zero-order chi connectivity index (χ0) is 17.9. The van der Waals surface area contributed by atoms with Crippen molar-refractivity contribution in [1.29, 1.82) is 0 Å². The molecular formula is C18H30N2O5. The van der Waals surface area contributed by atoms with E-state index in [1.54, 1.807) is 7.11 Å². The minimum atomic E-state index is -0.571. The molecule has 25 heavy (non-hydrogen) atoms. The van der Waals surface area contributed by atoms with Crippen molar-refractivity contribution in [2.24, 2.45) is 0 Å². The average molecular weight is 354 g/mol. The van der Waals surface area contributed by atoms with Crippen molar-refractivity contribution in [3.05, 3.63) is 23.8 Å². The fraction of sp³-hybridized carbons (Fsp3) is 0.667. The maximum atomic E-state index is 10.3. The quantitative estimate of drug-likeness (QED) is 0.491. The van der Waals surface area contributed by atoms with Crippen LogP contribution < -0.4 is 14.8 Å². The monoisotopic (exact) mass is 354 g/mol. The minimum absolute atomic E-state index is 0.169. The largest absolute Gasteiger partial charge is 0.493 e. The van der Waals surface area contributed by atoms with Gasteiger partial charge in [-0.05, 0) is 19.0 Å². The molecule has 1 aromatic carbocycles. The highest BCUT2D eigenvalue weighted by atomic mass is 16.5. The molecule has 0 unspecified atom stereocenters. The first-order valence-corrected chi connectivity index (χ1v) is 8.83. The summed E-state index contributed by atoms with van der Waals surface area (Å²) in [5.74, 6) is 1.31. The molecule has 0 radical (unpaired) electrons. The fourth-order valence-corrected chi connectivity index (χ4v) is 2.77. The molecule has 1 aromatic rings. The number of morpholine rings is 1.